The van der Waals surface area contributed by atoms with E-state index in [1.807, 2.05) is 10.6 Å². The molecule has 2 heterocycles. The maximum Gasteiger partial charge on any atom is 0.180 e. The summed E-state index contributed by atoms with van der Waals surface area (Å²) >= 11 is 0. The first-order chi connectivity index (χ1) is 8.26. The van der Waals surface area contributed by atoms with Gasteiger partial charge in [-0.1, -0.05) is 0 Å². The van der Waals surface area contributed by atoms with E-state index >= 15 is 0 Å². The summed E-state index contributed by atoms with van der Waals surface area (Å²) < 4.78 is 1.83. The molecule has 7 nitrogen and oxygen atoms in total. The number of imidazole rings is 1. The molecular formula is C10H14N6O. The molecule has 1 aliphatic rings. The molecule has 1 aliphatic carbocycles. The lowest BCUT2D eigenvalue weighted by molar-refractivity contribution is 0.266. The van der Waals surface area contributed by atoms with Gasteiger partial charge < -0.3 is 20.2 Å². The molecule has 0 atom stereocenters. The molecule has 0 spiro atoms. The molecule has 0 unspecified atom stereocenters. The molecule has 1 saturated carbocycles. The summed E-state index contributed by atoms with van der Waals surface area (Å²) in [5.74, 6) is 6.55. The third kappa shape index (κ3) is 1.69. The van der Waals surface area contributed by atoms with E-state index in [0.29, 0.717) is 11.6 Å². The van der Waals surface area contributed by atoms with Crippen molar-refractivity contribution in [3.63, 3.8) is 0 Å². The quantitative estimate of drug-likeness (QED) is 0.437. The molecule has 2 aromatic rings. The summed E-state index contributed by atoms with van der Waals surface area (Å²) in [5, 5.41) is 12.6. The lowest BCUT2D eigenvalue weighted by atomic mass is 10.3. The highest BCUT2D eigenvalue weighted by molar-refractivity contribution is 5.66. The third-order valence-electron chi connectivity index (χ3n) is 3.06. The zero-order valence-electron chi connectivity index (χ0n) is 9.22. The van der Waals surface area contributed by atoms with Gasteiger partial charge in [0.15, 0.2) is 17.3 Å². The Morgan fingerprint density at radius 1 is 1.53 bits per heavy atom. The Morgan fingerprint density at radius 2 is 2.35 bits per heavy atom. The number of hydrogen-bond acceptors (Lipinski definition) is 6. The second-order valence-electron chi connectivity index (χ2n) is 4.34. The van der Waals surface area contributed by atoms with Crippen molar-refractivity contribution >= 4 is 17.3 Å². The first-order valence-electron chi connectivity index (χ1n) is 5.46. The van der Waals surface area contributed by atoms with E-state index in [-0.39, 0.29) is 12.1 Å². The minimum Gasteiger partial charge on any atom is -0.394 e. The highest BCUT2D eigenvalue weighted by atomic mass is 16.3. The molecule has 0 radical (unpaired) electrons. The maximum absolute atomic E-state index is 9.31. The Labute approximate surface area is 97.6 Å². The molecule has 17 heavy (non-hydrogen) atoms. The van der Waals surface area contributed by atoms with E-state index in [2.05, 4.69) is 20.7 Å². The standard InChI is InChI=1S/C10H14N6O/c11-15-7-5-16-4-3-12-9(16)8(13-7)14-10(6-17)1-2-10/h3-5,15,17H,1-2,6,11H2,(H,13,14). The number of aromatic nitrogens is 3. The van der Waals surface area contributed by atoms with Crippen molar-refractivity contribution in [2.24, 2.45) is 5.84 Å². The average Bonchev–Trinajstić information content (AvgIpc) is 2.96. The van der Waals surface area contributed by atoms with E-state index in [1.165, 1.54) is 0 Å². The molecule has 0 bridgehead atoms. The van der Waals surface area contributed by atoms with Gasteiger partial charge in [-0.3, -0.25) is 0 Å². The van der Waals surface area contributed by atoms with Crippen LogP contribution in [0.25, 0.3) is 5.65 Å². The molecule has 7 heteroatoms. The van der Waals surface area contributed by atoms with Gasteiger partial charge in [-0.2, -0.15) is 0 Å². The molecule has 0 aromatic carbocycles. The van der Waals surface area contributed by atoms with E-state index in [0.717, 1.165) is 18.5 Å². The zero-order chi connectivity index (χ0) is 11.9. The Bertz CT molecular complexity index is 547. The number of nitrogens with one attached hydrogen (secondary N) is 2. The average molecular weight is 234 g/mol. The van der Waals surface area contributed by atoms with Crippen LogP contribution < -0.4 is 16.6 Å². The monoisotopic (exact) mass is 234 g/mol. The fraction of sp³-hybridized carbons (Fsp3) is 0.400. The molecule has 0 aliphatic heterocycles. The second-order valence-corrected chi connectivity index (χ2v) is 4.34. The lowest BCUT2D eigenvalue weighted by Gasteiger charge is -2.16. The van der Waals surface area contributed by atoms with Crippen LogP contribution in [0.2, 0.25) is 0 Å². The second kappa shape index (κ2) is 3.57. The number of anilines is 2. The third-order valence-corrected chi connectivity index (χ3v) is 3.06. The summed E-state index contributed by atoms with van der Waals surface area (Å²) in [6.45, 7) is 0.0990. The minimum absolute atomic E-state index is 0.0990. The summed E-state index contributed by atoms with van der Waals surface area (Å²) in [5.41, 5.74) is 3.01. The van der Waals surface area contributed by atoms with E-state index < -0.39 is 0 Å². The van der Waals surface area contributed by atoms with Gasteiger partial charge in [-0.25, -0.2) is 15.8 Å². The van der Waals surface area contributed by atoms with E-state index in [4.69, 9.17) is 5.84 Å². The van der Waals surface area contributed by atoms with Crippen molar-refractivity contribution in [1.29, 1.82) is 0 Å². The summed E-state index contributed by atoms with van der Waals surface area (Å²) in [4.78, 5) is 8.55. The zero-order valence-corrected chi connectivity index (χ0v) is 9.22. The lowest BCUT2D eigenvalue weighted by Crippen LogP contribution is -2.27. The highest BCUT2D eigenvalue weighted by Gasteiger charge is 2.42. The van der Waals surface area contributed by atoms with Crippen LogP contribution in [0.5, 0.6) is 0 Å². The highest BCUT2D eigenvalue weighted by Crippen LogP contribution is 2.38. The Morgan fingerprint density at radius 3 is 3.00 bits per heavy atom. The molecule has 3 rings (SSSR count). The van der Waals surface area contributed by atoms with Crippen molar-refractivity contribution in [2.75, 3.05) is 17.3 Å². The van der Waals surface area contributed by atoms with Gasteiger partial charge in [0.05, 0.1) is 18.3 Å². The van der Waals surface area contributed by atoms with Crippen molar-refractivity contribution in [3.8, 4) is 0 Å². The number of hydrazine groups is 1. The van der Waals surface area contributed by atoms with Gasteiger partial charge in [0.25, 0.3) is 0 Å². The van der Waals surface area contributed by atoms with E-state index in [9.17, 15) is 5.11 Å². The summed E-state index contributed by atoms with van der Waals surface area (Å²) in [7, 11) is 0. The number of nitrogens with two attached hydrogens (primary N) is 1. The Kier molecular flexibility index (Phi) is 2.17. The molecule has 2 aromatic heterocycles. The molecule has 0 amide bonds. The first-order valence-corrected chi connectivity index (χ1v) is 5.46. The number of aliphatic hydroxyl groups is 1. The van der Waals surface area contributed by atoms with Crippen LogP contribution in [0, 0.1) is 0 Å². The van der Waals surface area contributed by atoms with Crippen molar-refractivity contribution in [2.45, 2.75) is 18.4 Å². The SMILES string of the molecule is NNc1cn2ccnc2c(NC2(CO)CC2)n1. The van der Waals surface area contributed by atoms with Gasteiger partial charge in [-0.05, 0) is 12.8 Å². The predicted octanol–water partition coefficient (Wildman–Crippen LogP) is -0.0483. The van der Waals surface area contributed by atoms with Crippen molar-refractivity contribution in [1.82, 2.24) is 14.4 Å². The van der Waals surface area contributed by atoms with Crippen molar-refractivity contribution < 1.29 is 5.11 Å². The smallest absolute Gasteiger partial charge is 0.180 e. The fourth-order valence-corrected chi connectivity index (χ4v) is 1.81. The molecule has 90 valence electrons. The fourth-order valence-electron chi connectivity index (χ4n) is 1.81. The normalized spacial score (nSPS) is 17.1. The van der Waals surface area contributed by atoms with Crippen molar-refractivity contribution in [3.05, 3.63) is 18.6 Å². The largest absolute Gasteiger partial charge is 0.394 e. The van der Waals surface area contributed by atoms with Gasteiger partial charge in [0.1, 0.15) is 0 Å². The number of fused-ring (bicyclic) bond motifs is 1. The topological polar surface area (TPSA) is 100 Å². The molecule has 0 saturated heterocycles. The van der Waals surface area contributed by atoms with Gasteiger partial charge in [0.2, 0.25) is 0 Å². The Hall–Kier alpha value is -1.86. The first kappa shape index (κ1) is 10.3. The number of rotatable bonds is 4. The van der Waals surface area contributed by atoms with Crippen LogP contribution in [0.15, 0.2) is 18.6 Å². The van der Waals surface area contributed by atoms with E-state index in [1.54, 1.807) is 12.4 Å². The van der Waals surface area contributed by atoms with Crippen LogP contribution in [-0.2, 0) is 0 Å². The number of nitrogen functional groups attached to an aromatic ring is 1. The van der Waals surface area contributed by atoms with Gasteiger partial charge >= 0.3 is 0 Å². The molecule has 5 N–H and O–H groups in total. The maximum atomic E-state index is 9.31. The van der Waals surface area contributed by atoms with Gasteiger partial charge in [0, 0.05) is 12.4 Å². The summed E-state index contributed by atoms with van der Waals surface area (Å²) in [6.07, 6.45) is 7.16. The predicted molar refractivity (Wildman–Crippen MR) is 63.5 cm³/mol. The Balaban J connectivity index is 2.04. The minimum atomic E-state index is -0.230. The van der Waals surface area contributed by atoms with Crippen LogP contribution in [0.3, 0.4) is 0 Å². The molecule has 1 fully saturated rings. The molecular weight excluding hydrogens is 220 g/mol. The van der Waals surface area contributed by atoms with Crippen LogP contribution >= 0.6 is 0 Å². The van der Waals surface area contributed by atoms with Gasteiger partial charge in [-0.15, -0.1) is 0 Å². The number of nitrogens with zero attached hydrogens (tertiary/aromatic N) is 3. The van der Waals surface area contributed by atoms with Crippen LogP contribution in [0.4, 0.5) is 11.6 Å². The van der Waals surface area contributed by atoms with Crippen LogP contribution in [0.1, 0.15) is 12.8 Å². The number of hydrogen-bond donors (Lipinski definition) is 4. The number of aliphatic hydroxyl groups excluding tert-OH is 1. The summed E-state index contributed by atoms with van der Waals surface area (Å²) in [6, 6.07) is 0. The van der Waals surface area contributed by atoms with Crippen LogP contribution in [-0.4, -0.2) is 31.6 Å².